The fraction of sp³-hybridized carbons (Fsp3) is 0.259. The molecule has 12 heteroatoms. The maximum atomic E-state index is 14.1. The summed E-state index contributed by atoms with van der Waals surface area (Å²) in [4.78, 5) is 28.9. The molecule has 0 spiro atoms. The molecule has 9 nitrogen and oxygen atoms in total. The third-order valence-electron chi connectivity index (χ3n) is 6.45. The van der Waals surface area contributed by atoms with Gasteiger partial charge in [0, 0.05) is 24.0 Å². The first kappa shape index (κ1) is 26.9. The second kappa shape index (κ2) is 10.8. The summed E-state index contributed by atoms with van der Waals surface area (Å²) in [6.45, 7) is 2.27. The minimum absolute atomic E-state index is 0.101. The topological polar surface area (TPSA) is 91.6 Å². The van der Waals surface area contributed by atoms with Crippen molar-refractivity contribution in [2.24, 2.45) is 0 Å². The van der Waals surface area contributed by atoms with Crippen LogP contribution in [-0.2, 0) is 4.74 Å². The van der Waals surface area contributed by atoms with Crippen LogP contribution in [0.4, 0.5) is 10.1 Å². The monoisotopic (exact) mass is 571 g/mol. The van der Waals surface area contributed by atoms with Crippen LogP contribution in [0.25, 0.3) is 11.4 Å². The molecule has 0 saturated heterocycles. The van der Waals surface area contributed by atoms with Gasteiger partial charge >= 0.3 is 6.01 Å². The lowest BCUT2D eigenvalue weighted by Gasteiger charge is -2.29. The Hall–Kier alpha value is -3.73. The zero-order valence-corrected chi connectivity index (χ0v) is 23.0. The number of anilines is 1. The predicted octanol–water partition coefficient (Wildman–Crippen LogP) is 5.76. The van der Waals surface area contributed by atoms with E-state index in [4.69, 9.17) is 42.4 Å². The summed E-state index contributed by atoms with van der Waals surface area (Å²) in [5.74, 6) is -0.314. The van der Waals surface area contributed by atoms with E-state index in [-0.39, 0.29) is 34.6 Å². The number of methoxy groups -OCH3 is 3. The Bertz CT molecular complexity index is 1550. The number of hydrogen-bond acceptors (Lipinski definition) is 7. The average molecular weight is 572 g/mol. The van der Waals surface area contributed by atoms with Crippen molar-refractivity contribution in [1.82, 2.24) is 19.5 Å². The molecule has 0 saturated carbocycles. The highest BCUT2D eigenvalue weighted by Crippen LogP contribution is 2.46. The molecular formula is C27H24Cl2FN5O4. The minimum atomic E-state index is -0.642. The van der Waals surface area contributed by atoms with Gasteiger partial charge in [0.15, 0.2) is 5.69 Å². The van der Waals surface area contributed by atoms with E-state index >= 15 is 0 Å². The SMILES string of the molecule is COCC(C)n1c(-c2cnc(OC)nc2OC)nc2c1[C@H](c1ccc(Cl)cc1)N(c1ccc(F)c(Cl)c1)C2=O. The molecule has 1 amide bonds. The van der Waals surface area contributed by atoms with Gasteiger partial charge in [0.2, 0.25) is 5.88 Å². The lowest BCUT2D eigenvalue weighted by atomic mass is 10.0. The van der Waals surface area contributed by atoms with Crippen molar-refractivity contribution in [3.63, 3.8) is 0 Å². The van der Waals surface area contributed by atoms with Crippen molar-refractivity contribution in [1.29, 1.82) is 0 Å². The minimum Gasteiger partial charge on any atom is -0.480 e. The Kier molecular flexibility index (Phi) is 7.44. The number of halogens is 3. The summed E-state index contributed by atoms with van der Waals surface area (Å²) in [5.41, 5.74) is 2.48. The van der Waals surface area contributed by atoms with Gasteiger partial charge in [-0.2, -0.15) is 4.98 Å². The predicted molar refractivity (Wildman–Crippen MR) is 144 cm³/mol. The quantitative estimate of drug-likeness (QED) is 0.265. The highest BCUT2D eigenvalue weighted by Gasteiger charge is 2.45. The van der Waals surface area contributed by atoms with Crippen LogP contribution in [0.15, 0.2) is 48.7 Å². The van der Waals surface area contributed by atoms with Gasteiger partial charge in [-0.05, 0) is 42.8 Å². The Balaban J connectivity index is 1.79. The number of rotatable bonds is 8. The number of hydrogen-bond donors (Lipinski definition) is 0. The van der Waals surface area contributed by atoms with Crippen molar-refractivity contribution in [3.05, 3.63) is 81.5 Å². The lowest BCUT2D eigenvalue weighted by Crippen LogP contribution is -2.30. The van der Waals surface area contributed by atoms with Crippen molar-refractivity contribution in [3.8, 4) is 23.3 Å². The second-order valence-corrected chi connectivity index (χ2v) is 9.69. The number of carbonyl (C=O) groups is 1. The molecule has 3 heterocycles. The van der Waals surface area contributed by atoms with Crippen LogP contribution in [0.5, 0.6) is 11.9 Å². The zero-order chi connectivity index (χ0) is 27.8. The largest absolute Gasteiger partial charge is 0.480 e. The molecule has 2 atom stereocenters. The first-order valence-electron chi connectivity index (χ1n) is 11.9. The molecule has 4 aromatic rings. The van der Waals surface area contributed by atoms with Gasteiger partial charge in [0.1, 0.15) is 17.7 Å². The first-order chi connectivity index (χ1) is 18.8. The maximum Gasteiger partial charge on any atom is 0.319 e. The van der Waals surface area contributed by atoms with Gasteiger partial charge in [0.05, 0.1) is 43.1 Å². The van der Waals surface area contributed by atoms with Gasteiger partial charge in [-0.1, -0.05) is 35.3 Å². The van der Waals surface area contributed by atoms with E-state index in [0.717, 1.165) is 5.56 Å². The number of carbonyl (C=O) groups excluding carboxylic acids is 1. The van der Waals surface area contributed by atoms with Crippen molar-refractivity contribution in [2.75, 3.05) is 32.8 Å². The summed E-state index contributed by atoms with van der Waals surface area (Å²) >= 11 is 12.3. The second-order valence-electron chi connectivity index (χ2n) is 8.85. The number of nitrogens with zero attached hydrogens (tertiary/aromatic N) is 5. The highest BCUT2D eigenvalue weighted by molar-refractivity contribution is 6.31. The molecule has 2 aromatic carbocycles. The van der Waals surface area contributed by atoms with Gasteiger partial charge in [-0.15, -0.1) is 0 Å². The molecule has 1 aliphatic rings. The van der Waals surface area contributed by atoms with Crippen LogP contribution >= 0.6 is 23.2 Å². The molecule has 0 aliphatic carbocycles. The molecule has 202 valence electrons. The Labute approximate surface area is 234 Å². The average Bonchev–Trinajstić information content (AvgIpc) is 3.45. The van der Waals surface area contributed by atoms with Crippen molar-refractivity contribution in [2.45, 2.75) is 19.0 Å². The Morgan fingerprint density at radius 2 is 1.79 bits per heavy atom. The van der Waals surface area contributed by atoms with Gasteiger partial charge in [-0.3, -0.25) is 9.69 Å². The van der Waals surface area contributed by atoms with E-state index in [1.807, 2.05) is 23.6 Å². The van der Waals surface area contributed by atoms with Crippen LogP contribution in [0, 0.1) is 5.82 Å². The standard InChI is InChI=1S/C27H24Cl2FN5O4/c1-14(13-37-2)34-23-21(32-24(34)18-12-31-27(39-4)33-25(18)38-3)26(36)35(17-9-10-20(30)19(29)11-17)22(23)15-5-7-16(28)8-6-15/h5-12,14,22H,13H2,1-4H3/t14?,22-/m0/s1. The third-order valence-corrected chi connectivity index (χ3v) is 6.99. The van der Waals surface area contributed by atoms with Crippen LogP contribution in [0.3, 0.4) is 0 Å². The number of fused-ring (bicyclic) bond motifs is 1. The van der Waals surface area contributed by atoms with Crippen molar-refractivity contribution < 1.29 is 23.4 Å². The molecule has 39 heavy (non-hydrogen) atoms. The molecule has 1 aliphatic heterocycles. The molecular weight excluding hydrogens is 548 g/mol. The normalized spacial score (nSPS) is 15.4. The smallest absolute Gasteiger partial charge is 0.319 e. The van der Waals surface area contributed by atoms with E-state index in [1.54, 1.807) is 24.1 Å². The van der Waals surface area contributed by atoms with E-state index in [0.29, 0.717) is 34.4 Å². The number of ether oxygens (including phenoxy) is 3. The van der Waals surface area contributed by atoms with Gasteiger partial charge < -0.3 is 18.8 Å². The summed E-state index contributed by atoms with van der Waals surface area (Å²) in [5, 5.41) is 0.442. The maximum absolute atomic E-state index is 14.1. The Morgan fingerprint density at radius 3 is 2.44 bits per heavy atom. The van der Waals surface area contributed by atoms with E-state index in [9.17, 15) is 9.18 Å². The molecule has 2 aromatic heterocycles. The Morgan fingerprint density at radius 1 is 1.05 bits per heavy atom. The van der Waals surface area contributed by atoms with Crippen LogP contribution in [0.1, 0.15) is 40.8 Å². The fourth-order valence-corrected chi connectivity index (χ4v) is 5.08. The fourth-order valence-electron chi connectivity index (χ4n) is 4.78. The van der Waals surface area contributed by atoms with Gasteiger partial charge in [-0.25, -0.2) is 14.4 Å². The number of aromatic nitrogens is 4. The van der Waals surface area contributed by atoms with E-state index in [1.165, 1.54) is 38.6 Å². The first-order valence-corrected chi connectivity index (χ1v) is 12.6. The highest BCUT2D eigenvalue weighted by atomic mass is 35.5. The molecule has 0 bridgehead atoms. The third kappa shape index (κ3) is 4.69. The lowest BCUT2D eigenvalue weighted by molar-refractivity contribution is 0.0989. The number of benzene rings is 2. The molecule has 0 fully saturated rings. The van der Waals surface area contributed by atoms with Crippen molar-refractivity contribution >= 4 is 34.8 Å². The summed E-state index contributed by atoms with van der Waals surface area (Å²) in [6.07, 6.45) is 1.54. The zero-order valence-electron chi connectivity index (χ0n) is 21.5. The van der Waals surface area contributed by atoms with Gasteiger partial charge in [0.25, 0.3) is 5.91 Å². The van der Waals surface area contributed by atoms with E-state index in [2.05, 4.69) is 9.97 Å². The van der Waals surface area contributed by atoms with E-state index < -0.39 is 11.9 Å². The number of imidazole rings is 1. The molecule has 1 unspecified atom stereocenters. The van der Waals surface area contributed by atoms with Crippen LogP contribution in [-0.4, -0.2) is 53.4 Å². The summed E-state index contributed by atoms with van der Waals surface area (Å²) in [7, 11) is 4.53. The summed E-state index contributed by atoms with van der Waals surface area (Å²) < 4.78 is 32.1. The molecule has 5 rings (SSSR count). The van der Waals surface area contributed by atoms with Crippen LogP contribution in [0.2, 0.25) is 10.0 Å². The van der Waals surface area contributed by atoms with Crippen LogP contribution < -0.4 is 14.4 Å². The molecule has 0 N–H and O–H groups in total. The number of amides is 1. The summed E-state index contributed by atoms with van der Waals surface area (Å²) in [6, 6.07) is 10.5. The molecule has 0 radical (unpaired) electrons.